The number of hydrogen-bond acceptors (Lipinski definition) is 3. The van der Waals surface area contributed by atoms with Crippen molar-refractivity contribution in [3.8, 4) is 0 Å². The molecular formula is C16H19BrN2O2. The van der Waals surface area contributed by atoms with E-state index >= 15 is 0 Å². The predicted octanol–water partition coefficient (Wildman–Crippen LogP) is 2.16. The average Bonchev–Trinajstić information content (AvgIpc) is 2.60. The van der Waals surface area contributed by atoms with Crippen molar-refractivity contribution >= 4 is 27.5 Å². The molecule has 112 valence electrons. The van der Waals surface area contributed by atoms with Gasteiger partial charge in [0.05, 0.1) is 24.7 Å². The van der Waals surface area contributed by atoms with Gasteiger partial charge in [0.2, 0.25) is 5.91 Å². The second kappa shape index (κ2) is 4.80. The quantitative estimate of drug-likeness (QED) is 0.777. The Morgan fingerprint density at radius 2 is 2.19 bits per heavy atom. The lowest BCUT2D eigenvalue weighted by molar-refractivity contribution is -0.128. The molecule has 3 aliphatic rings. The molecule has 1 aromatic carbocycles. The van der Waals surface area contributed by atoms with Crippen LogP contribution in [0.15, 0.2) is 22.7 Å². The maximum absolute atomic E-state index is 13.0. The second-order valence-corrected chi connectivity index (χ2v) is 7.29. The summed E-state index contributed by atoms with van der Waals surface area (Å²) in [6.07, 6.45) is 2.02. The summed E-state index contributed by atoms with van der Waals surface area (Å²) in [5.41, 5.74) is 1.89. The van der Waals surface area contributed by atoms with Crippen LogP contribution in [-0.2, 0) is 14.9 Å². The van der Waals surface area contributed by atoms with Gasteiger partial charge >= 0.3 is 0 Å². The van der Waals surface area contributed by atoms with Crippen molar-refractivity contribution in [3.63, 3.8) is 0 Å². The van der Waals surface area contributed by atoms with E-state index in [-0.39, 0.29) is 11.3 Å². The van der Waals surface area contributed by atoms with Gasteiger partial charge in [-0.15, -0.1) is 0 Å². The number of ether oxygens (including phenoxy) is 1. The number of benzene rings is 1. The molecule has 1 unspecified atom stereocenters. The fourth-order valence-electron chi connectivity index (χ4n) is 3.96. The first-order chi connectivity index (χ1) is 10.1. The first kappa shape index (κ1) is 13.7. The van der Waals surface area contributed by atoms with Gasteiger partial charge in [0.25, 0.3) is 0 Å². The summed E-state index contributed by atoms with van der Waals surface area (Å²) in [6.45, 7) is 3.53. The topological polar surface area (TPSA) is 32.8 Å². The number of amides is 1. The summed E-state index contributed by atoms with van der Waals surface area (Å²) < 4.78 is 6.38. The highest BCUT2D eigenvalue weighted by Gasteiger charge is 2.52. The summed E-state index contributed by atoms with van der Waals surface area (Å²) in [6, 6.07) is 6.70. The standard InChI is InChI=1S/C16H19BrN2O2/c1-18-14-4-3-11(17)7-13(14)16(15(18)20)5-2-6-19(10-16)12-8-21-9-12/h3-4,7,12H,2,5-6,8-10H2,1H3. The van der Waals surface area contributed by atoms with Gasteiger partial charge in [-0.1, -0.05) is 15.9 Å². The third kappa shape index (κ3) is 1.91. The zero-order valence-corrected chi connectivity index (χ0v) is 13.7. The first-order valence-electron chi connectivity index (χ1n) is 7.52. The van der Waals surface area contributed by atoms with Crippen molar-refractivity contribution < 1.29 is 9.53 Å². The average molecular weight is 351 g/mol. The minimum Gasteiger partial charge on any atom is -0.378 e. The van der Waals surface area contributed by atoms with Crippen LogP contribution in [0.25, 0.3) is 0 Å². The number of carbonyl (C=O) groups is 1. The summed E-state index contributed by atoms with van der Waals surface area (Å²) in [7, 11) is 1.90. The molecular weight excluding hydrogens is 332 g/mol. The highest BCUT2D eigenvalue weighted by Crippen LogP contribution is 2.47. The lowest BCUT2D eigenvalue weighted by atomic mass is 9.74. The van der Waals surface area contributed by atoms with Crippen LogP contribution in [0.4, 0.5) is 5.69 Å². The molecule has 0 radical (unpaired) electrons. The lowest BCUT2D eigenvalue weighted by Crippen LogP contribution is -2.58. The van der Waals surface area contributed by atoms with Gasteiger partial charge in [-0.05, 0) is 43.1 Å². The Hall–Kier alpha value is -0.910. The fourth-order valence-corrected chi connectivity index (χ4v) is 4.32. The number of piperidine rings is 1. The molecule has 5 heteroatoms. The predicted molar refractivity (Wildman–Crippen MR) is 84.6 cm³/mol. The summed E-state index contributed by atoms with van der Waals surface area (Å²) in [5, 5.41) is 0. The van der Waals surface area contributed by atoms with Gasteiger partial charge in [0.15, 0.2) is 0 Å². The van der Waals surface area contributed by atoms with Gasteiger partial charge in [0, 0.05) is 23.8 Å². The number of rotatable bonds is 1. The molecule has 1 aromatic rings. The minimum atomic E-state index is -0.359. The van der Waals surface area contributed by atoms with E-state index in [0.29, 0.717) is 6.04 Å². The van der Waals surface area contributed by atoms with Gasteiger partial charge in [0.1, 0.15) is 0 Å². The monoisotopic (exact) mass is 350 g/mol. The Morgan fingerprint density at radius 1 is 1.38 bits per heavy atom. The number of fused-ring (bicyclic) bond motifs is 2. The number of carbonyl (C=O) groups excluding carboxylic acids is 1. The molecule has 0 saturated carbocycles. The first-order valence-corrected chi connectivity index (χ1v) is 8.31. The molecule has 3 heterocycles. The van der Waals surface area contributed by atoms with Crippen molar-refractivity contribution in [2.75, 3.05) is 38.3 Å². The van der Waals surface area contributed by atoms with Crippen molar-refractivity contribution in [1.82, 2.24) is 4.90 Å². The van der Waals surface area contributed by atoms with E-state index in [1.54, 1.807) is 0 Å². The third-order valence-corrected chi connectivity index (χ3v) is 5.70. The van der Waals surface area contributed by atoms with Crippen LogP contribution in [-0.4, -0.2) is 50.2 Å². The molecule has 0 bridgehead atoms. The molecule has 3 aliphatic heterocycles. The zero-order chi connectivity index (χ0) is 14.6. The van der Waals surface area contributed by atoms with Crippen LogP contribution in [0, 0.1) is 0 Å². The Kier molecular flexibility index (Phi) is 3.14. The Labute approximate surface area is 133 Å². The second-order valence-electron chi connectivity index (χ2n) is 6.37. The zero-order valence-electron chi connectivity index (χ0n) is 12.1. The Balaban J connectivity index is 1.76. The molecule has 4 rings (SSSR count). The number of nitrogens with zero attached hydrogens (tertiary/aromatic N) is 2. The summed E-state index contributed by atoms with van der Waals surface area (Å²) in [5.74, 6) is 0.251. The van der Waals surface area contributed by atoms with Crippen LogP contribution in [0.1, 0.15) is 18.4 Å². The molecule has 2 saturated heterocycles. The maximum Gasteiger partial charge on any atom is 0.238 e. The minimum absolute atomic E-state index is 0.251. The van der Waals surface area contributed by atoms with Crippen molar-refractivity contribution in [1.29, 1.82) is 0 Å². The van der Waals surface area contributed by atoms with Crippen molar-refractivity contribution in [2.45, 2.75) is 24.3 Å². The van der Waals surface area contributed by atoms with Crippen LogP contribution in [0.3, 0.4) is 0 Å². The molecule has 1 amide bonds. The van der Waals surface area contributed by atoms with E-state index in [1.807, 2.05) is 18.0 Å². The van der Waals surface area contributed by atoms with Crippen LogP contribution in [0.2, 0.25) is 0 Å². The highest BCUT2D eigenvalue weighted by atomic mass is 79.9. The van der Waals surface area contributed by atoms with E-state index in [4.69, 9.17) is 4.74 Å². The third-order valence-electron chi connectivity index (χ3n) is 5.21. The van der Waals surface area contributed by atoms with Crippen LogP contribution in [0.5, 0.6) is 0 Å². The number of hydrogen-bond donors (Lipinski definition) is 0. The lowest BCUT2D eigenvalue weighted by Gasteiger charge is -2.45. The van der Waals surface area contributed by atoms with E-state index in [0.717, 1.165) is 49.3 Å². The largest absolute Gasteiger partial charge is 0.378 e. The normalized spacial score (nSPS) is 29.8. The fraction of sp³-hybridized carbons (Fsp3) is 0.562. The van der Waals surface area contributed by atoms with Crippen LogP contribution < -0.4 is 4.90 Å². The summed E-state index contributed by atoms with van der Waals surface area (Å²) in [4.78, 5) is 17.3. The van der Waals surface area contributed by atoms with E-state index in [9.17, 15) is 4.79 Å². The van der Waals surface area contributed by atoms with Gasteiger partial charge in [-0.2, -0.15) is 0 Å². The SMILES string of the molecule is CN1C(=O)C2(CCCN(C3COC3)C2)c2cc(Br)ccc21. The molecule has 1 atom stereocenters. The van der Waals surface area contributed by atoms with E-state index in [1.165, 1.54) is 5.56 Å². The molecule has 4 nitrogen and oxygen atoms in total. The van der Waals surface area contributed by atoms with Crippen molar-refractivity contribution in [3.05, 3.63) is 28.2 Å². The molecule has 1 spiro atoms. The number of likely N-dealkylation sites (tertiary alicyclic amines) is 1. The smallest absolute Gasteiger partial charge is 0.238 e. The Morgan fingerprint density at radius 3 is 2.90 bits per heavy atom. The molecule has 0 N–H and O–H groups in total. The van der Waals surface area contributed by atoms with Crippen LogP contribution >= 0.6 is 15.9 Å². The summed E-state index contributed by atoms with van der Waals surface area (Å²) >= 11 is 3.56. The van der Waals surface area contributed by atoms with E-state index in [2.05, 4.69) is 33.0 Å². The molecule has 2 fully saturated rings. The van der Waals surface area contributed by atoms with Gasteiger partial charge < -0.3 is 9.64 Å². The molecule has 21 heavy (non-hydrogen) atoms. The molecule has 0 aliphatic carbocycles. The number of halogens is 1. The van der Waals surface area contributed by atoms with Crippen molar-refractivity contribution in [2.24, 2.45) is 0 Å². The number of likely N-dealkylation sites (N-methyl/N-ethyl adjacent to an activating group) is 1. The van der Waals surface area contributed by atoms with E-state index < -0.39 is 0 Å². The van der Waals surface area contributed by atoms with Gasteiger partial charge in [-0.25, -0.2) is 0 Å². The maximum atomic E-state index is 13.0. The Bertz CT molecular complexity index is 602. The number of anilines is 1. The highest BCUT2D eigenvalue weighted by molar-refractivity contribution is 9.10. The van der Waals surface area contributed by atoms with Gasteiger partial charge in [-0.3, -0.25) is 9.69 Å². The molecule has 0 aromatic heterocycles.